The first-order valence-corrected chi connectivity index (χ1v) is 12.4. The average molecular weight is 455 g/mol. The fourth-order valence-electron chi connectivity index (χ4n) is 6.48. The van der Waals surface area contributed by atoms with Crippen LogP contribution in [0.2, 0.25) is 0 Å². The summed E-state index contributed by atoms with van der Waals surface area (Å²) in [4.78, 5) is 25.9. The number of nitrogens with one attached hydrogen (secondary N) is 2. The summed E-state index contributed by atoms with van der Waals surface area (Å²) >= 11 is 1.35. The monoisotopic (exact) mass is 454 g/mol. The zero-order valence-corrected chi connectivity index (χ0v) is 19.4. The second kappa shape index (κ2) is 8.43. The topological polar surface area (TPSA) is 76.7 Å². The molecule has 2 aromatic rings. The Balaban J connectivity index is 1.37. The molecule has 4 aliphatic carbocycles. The van der Waals surface area contributed by atoms with Crippen LogP contribution in [0.4, 0.5) is 9.80 Å². The SMILES string of the molecule is CCOC(=O)c1c(-c2ccc(OC)cc2)csc1NC(=O)NC12CC3CC(CC(C3)C1)C2. The molecule has 0 atom stereocenters. The van der Waals surface area contributed by atoms with Gasteiger partial charge in [0, 0.05) is 16.5 Å². The third-order valence-electron chi connectivity index (χ3n) is 7.32. The molecule has 32 heavy (non-hydrogen) atoms. The Kier molecular flexibility index (Phi) is 5.61. The smallest absolute Gasteiger partial charge is 0.341 e. The molecule has 0 unspecified atom stereocenters. The summed E-state index contributed by atoms with van der Waals surface area (Å²) < 4.78 is 10.6. The predicted octanol–water partition coefficient (Wildman–Crippen LogP) is 5.69. The van der Waals surface area contributed by atoms with Gasteiger partial charge in [0.2, 0.25) is 0 Å². The summed E-state index contributed by atoms with van der Waals surface area (Å²) in [6, 6.07) is 7.30. The molecule has 0 aliphatic heterocycles. The molecule has 170 valence electrons. The van der Waals surface area contributed by atoms with Gasteiger partial charge in [-0.25, -0.2) is 9.59 Å². The minimum Gasteiger partial charge on any atom is -0.497 e. The lowest BCUT2D eigenvalue weighted by Crippen LogP contribution is -2.60. The van der Waals surface area contributed by atoms with Gasteiger partial charge in [-0.3, -0.25) is 5.32 Å². The zero-order chi connectivity index (χ0) is 22.3. The van der Waals surface area contributed by atoms with Crippen molar-refractivity contribution in [2.24, 2.45) is 17.8 Å². The molecule has 6 rings (SSSR count). The van der Waals surface area contributed by atoms with Crippen LogP contribution in [-0.4, -0.2) is 31.3 Å². The van der Waals surface area contributed by atoms with Gasteiger partial charge in [-0.2, -0.15) is 0 Å². The lowest BCUT2D eigenvalue weighted by Gasteiger charge is -2.56. The molecule has 7 heteroatoms. The van der Waals surface area contributed by atoms with E-state index in [0.717, 1.165) is 53.9 Å². The van der Waals surface area contributed by atoms with E-state index in [2.05, 4.69) is 10.6 Å². The van der Waals surface area contributed by atoms with Crippen molar-refractivity contribution in [1.29, 1.82) is 0 Å². The van der Waals surface area contributed by atoms with Gasteiger partial charge in [0.25, 0.3) is 0 Å². The molecule has 1 aromatic heterocycles. The van der Waals surface area contributed by atoms with Crippen LogP contribution in [0.1, 0.15) is 55.8 Å². The van der Waals surface area contributed by atoms with Crippen LogP contribution >= 0.6 is 11.3 Å². The Hall–Kier alpha value is -2.54. The van der Waals surface area contributed by atoms with E-state index in [1.807, 2.05) is 29.6 Å². The highest BCUT2D eigenvalue weighted by molar-refractivity contribution is 7.15. The first-order valence-electron chi connectivity index (χ1n) is 11.5. The Bertz CT molecular complexity index is 978. The quantitative estimate of drug-likeness (QED) is 0.550. The van der Waals surface area contributed by atoms with Gasteiger partial charge in [-0.15, -0.1) is 11.3 Å². The maximum Gasteiger partial charge on any atom is 0.341 e. The molecule has 4 saturated carbocycles. The first kappa shape index (κ1) is 21.3. The van der Waals surface area contributed by atoms with Gasteiger partial charge in [-0.05, 0) is 80.9 Å². The number of urea groups is 1. The van der Waals surface area contributed by atoms with Crippen LogP contribution in [0, 0.1) is 17.8 Å². The number of rotatable bonds is 6. The third-order valence-corrected chi connectivity index (χ3v) is 8.21. The maximum absolute atomic E-state index is 13.1. The average Bonchev–Trinajstić information content (AvgIpc) is 3.16. The lowest BCUT2D eigenvalue weighted by molar-refractivity contribution is -0.0127. The van der Waals surface area contributed by atoms with Crippen LogP contribution in [0.25, 0.3) is 11.1 Å². The lowest BCUT2D eigenvalue weighted by atomic mass is 9.53. The second-order valence-electron chi connectivity index (χ2n) is 9.58. The molecule has 0 saturated heterocycles. The molecular weight excluding hydrogens is 424 g/mol. The number of hydrogen-bond acceptors (Lipinski definition) is 5. The van der Waals surface area contributed by atoms with Gasteiger partial charge < -0.3 is 14.8 Å². The van der Waals surface area contributed by atoms with Crippen LogP contribution in [0.3, 0.4) is 0 Å². The maximum atomic E-state index is 13.1. The van der Waals surface area contributed by atoms with E-state index in [-0.39, 0.29) is 18.2 Å². The molecule has 0 spiro atoms. The highest BCUT2D eigenvalue weighted by Crippen LogP contribution is 2.55. The molecule has 4 aliphatic rings. The summed E-state index contributed by atoms with van der Waals surface area (Å²) in [5.41, 5.74) is 1.95. The van der Waals surface area contributed by atoms with Crippen molar-refractivity contribution in [3.8, 4) is 16.9 Å². The van der Waals surface area contributed by atoms with E-state index < -0.39 is 5.97 Å². The van der Waals surface area contributed by atoms with E-state index in [1.165, 1.54) is 30.6 Å². The fraction of sp³-hybridized carbons (Fsp3) is 0.520. The number of ether oxygens (including phenoxy) is 2. The number of amides is 2. The second-order valence-corrected chi connectivity index (χ2v) is 10.5. The number of thiophene rings is 1. The minimum absolute atomic E-state index is 0.0843. The number of carbonyl (C=O) groups is 2. The summed E-state index contributed by atoms with van der Waals surface area (Å²) in [6.07, 6.45) is 7.22. The largest absolute Gasteiger partial charge is 0.497 e. The highest BCUT2D eigenvalue weighted by atomic mass is 32.1. The number of benzene rings is 1. The zero-order valence-electron chi connectivity index (χ0n) is 18.6. The van der Waals surface area contributed by atoms with Crippen molar-refractivity contribution in [3.63, 3.8) is 0 Å². The van der Waals surface area contributed by atoms with Gasteiger partial charge in [-0.1, -0.05) is 12.1 Å². The van der Waals surface area contributed by atoms with Crippen molar-refractivity contribution in [2.75, 3.05) is 19.0 Å². The van der Waals surface area contributed by atoms with Crippen LogP contribution < -0.4 is 15.4 Å². The molecule has 4 bridgehead atoms. The molecule has 4 fully saturated rings. The molecule has 1 aromatic carbocycles. The number of esters is 1. The highest BCUT2D eigenvalue weighted by Gasteiger charge is 2.51. The Morgan fingerprint density at radius 1 is 1.06 bits per heavy atom. The summed E-state index contributed by atoms with van der Waals surface area (Å²) in [5.74, 6) is 2.57. The number of methoxy groups -OCH3 is 1. The Labute approximate surface area is 192 Å². The van der Waals surface area contributed by atoms with Gasteiger partial charge in [0.15, 0.2) is 0 Å². The number of anilines is 1. The van der Waals surface area contributed by atoms with Gasteiger partial charge in [0.05, 0.1) is 13.7 Å². The van der Waals surface area contributed by atoms with E-state index in [9.17, 15) is 9.59 Å². The van der Waals surface area contributed by atoms with Gasteiger partial charge in [0.1, 0.15) is 16.3 Å². The van der Waals surface area contributed by atoms with E-state index >= 15 is 0 Å². The minimum atomic E-state index is -0.426. The van der Waals surface area contributed by atoms with Crippen molar-refractivity contribution in [3.05, 3.63) is 35.2 Å². The van der Waals surface area contributed by atoms with Crippen molar-refractivity contribution in [1.82, 2.24) is 5.32 Å². The molecule has 0 radical (unpaired) electrons. The molecule has 2 N–H and O–H groups in total. The summed E-state index contributed by atoms with van der Waals surface area (Å²) in [5, 5.41) is 8.73. The molecular formula is C25H30N2O4S. The van der Waals surface area contributed by atoms with Crippen LogP contribution in [0.15, 0.2) is 29.6 Å². The number of carbonyl (C=O) groups excluding carboxylic acids is 2. The predicted molar refractivity (Wildman–Crippen MR) is 125 cm³/mol. The normalized spacial score (nSPS) is 27.8. The van der Waals surface area contributed by atoms with Crippen molar-refractivity contribution < 1.29 is 19.1 Å². The van der Waals surface area contributed by atoms with E-state index in [4.69, 9.17) is 9.47 Å². The van der Waals surface area contributed by atoms with Crippen LogP contribution in [0.5, 0.6) is 5.75 Å². The van der Waals surface area contributed by atoms with Gasteiger partial charge >= 0.3 is 12.0 Å². The molecule has 1 heterocycles. The Morgan fingerprint density at radius 2 is 1.69 bits per heavy atom. The third kappa shape index (κ3) is 3.98. The summed E-state index contributed by atoms with van der Waals surface area (Å²) in [6.45, 7) is 2.06. The standard InChI is InChI=1S/C25H30N2O4S/c1-3-31-23(28)21-20(18-4-6-19(30-2)7-5-18)14-32-22(21)26-24(29)27-25-11-15-8-16(12-25)10-17(9-15)13-25/h4-7,14-17H,3,8-13H2,1-2H3,(H2,26,27,29). The number of hydrogen-bond donors (Lipinski definition) is 2. The fourth-order valence-corrected chi connectivity index (χ4v) is 7.43. The van der Waals surface area contributed by atoms with E-state index in [0.29, 0.717) is 10.6 Å². The van der Waals surface area contributed by atoms with Crippen LogP contribution in [-0.2, 0) is 4.74 Å². The summed E-state index contributed by atoms with van der Waals surface area (Å²) in [7, 11) is 1.62. The Morgan fingerprint density at radius 3 is 2.25 bits per heavy atom. The molecule has 2 amide bonds. The first-order chi connectivity index (χ1) is 15.5. The van der Waals surface area contributed by atoms with Crippen molar-refractivity contribution >= 4 is 28.3 Å². The van der Waals surface area contributed by atoms with E-state index in [1.54, 1.807) is 14.0 Å². The van der Waals surface area contributed by atoms with Crippen molar-refractivity contribution in [2.45, 2.75) is 51.0 Å². The molecule has 6 nitrogen and oxygen atoms in total.